The Kier molecular flexibility index (Phi) is 16.2. The van der Waals surface area contributed by atoms with Crippen molar-refractivity contribution in [2.24, 2.45) is 0 Å². The summed E-state index contributed by atoms with van der Waals surface area (Å²) in [6.45, 7) is 22.6. The van der Waals surface area contributed by atoms with Crippen molar-refractivity contribution < 1.29 is 83.3 Å². The third-order valence-corrected chi connectivity index (χ3v) is 24.1. The molecule has 0 spiro atoms. The van der Waals surface area contributed by atoms with Gasteiger partial charge in [0.1, 0.15) is 11.6 Å². The van der Waals surface area contributed by atoms with E-state index in [0.29, 0.717) is 47.0 Å². The molecule has 0 bridgehead atoms. The maximum absolute atomic E-state index is 9.45. The van der Waals surface area contributed by atoms with Crippen LogP contribution in [-0.2, 0) is 65.8 Å². The van der Waals surface area contributed by atoms with Crippen LogP contribution < -0.4 is 19.6 Å². The first kappa shape index (κ1) is 58.6. The molecule has 4 aromatic heterocycles. The Morgan fingerprint density at radius 3 is 0.902 bits per heavy atom. The van der Waals surface area contributed by atoms with Gasteiger partial charge in [-0.1, -0.05) is 295 Å². The number of nitrogens with zero attached hydrogens (tertiary/aromatic N) is 8. The summed E-state index contributed by atoms with van der Waals surface area (Å²) in [6.07, 6.45) is 4.50. The molecule has 22 rings (SSSR count). The van der Waals surface area contributed by atoms with Crippen LogP contribution >= 0.6 is 0 Å². The fraction of sp³-hybridized carbons (Fsp3) is 0.115. The molecule has 0 radical (unpaired) electrons. The van der Waals surface area contributed by atoms with Gasteiger partial charge in [-0.2, -0.15) is 107 Å². The number of benzene rings is 16. The Morgan fingerprint density at radius 2 is 0.583 bits per heavy atom. The van der Waals surface area contributed by atoms with Gasteiger partial charge >= 0.3 is 0 Å². The molecule has 2 aliphatic rings. The minimum Gasteiger partial charge on any atom is -0.493 e. The van der Waals surface area contributed by atoms with Crippen LogP contribution in [0.2, 0.25) is 0 Å². The summed E-state index contributed by atoms with van der Waals surface area (Å²) in [4.78, 5) is 16.7. The zero-order valence-corrected chi connectivity index (χ0v) is 77.8. The molecule has 8 nitrogen and oxygen atoms in total. The number of rotatable bonds is 16. The van der Waals surface area contributed by atoms with E-state index in [0.717, 1.165) is 88.6 Å². The average Bonchev–Trinajstić information content (AvgIpc) is 1.22. The van der Waals surface area contributed by atoms with Crippen LogP contribution in [0.5, 0.6) is 0 Å². The summed E-state index contributed by atoms with van der Waals surface area (Å²) in [5, 5.41) is 4.17. The van der Waals surface area contributed by atoms with Gasteiger partial charge in [-0.15, -0.1) is 35.5 Å². The number of fused-ring (bicyclic) bond motifs is 8. The van der Waals surface area contributed by atoms with E-state index in [1.54, 1.807) is 75.1 Å². The van der Waals surface area contributed by atoms with E-state index < -0.39 is 181 Å². The van der Waals surface area contributed by atoms with Crippen LogP contribution in [0.3, 0.4) is 0 Å². The number of hydrogen-bond acceptors (Lipinski definition) is 6. The molecule has 10 heteroatoms. The predicted molar refractivity (Wildman–Crippen MR) is 543 cm³/mol. The molecule has 652 valence electrons. The Bertz CT molecular complexity index is 8790. The van der Waals surface area contributed by atoms with Gasteiger partial charge in [0.2, 0.25) is 0 Å². The number of para-hydroxylation sites is 6. The summed E-state index contributed by atoms with van der Waals surface area (Å²) < 4.78 is 274. The predicted octanol–water partition coefficient (Wildman–Crippen LogP) is 31.4. The maximum atomic E-state index is 9.45. The molecule has 0 saturated carbocycles. The molecule has 132 heavy (non-hydrogen) atoms. The van der Waals surface area contributed by atoms with Crippen molar-refractivity contribution in [2.45, 2.75) is 92.9 Å². The summed E-state index contributed by atoms with van der Waals surface area (Å²) in [5.74, 6) is 1.55. The van der Waals surface area contributed by atoms with Gasteiger partial charge in [0.15, 0.2) is 0 Å². The fourth-order valence-electron chi connectivity index (χ4n) is 18.2. The Balaban J connectivity index is 0.000000198. The van der Waals surface area contributed by atoms with Crippen molar-refractivity contribution in [2.75, 3.05) is 19.6 Å². The first-order valence-corrected chi connectivity index (χ1v) is 42.6. The van der Waals surface area contributed by atoms with Crippen LogP contribution in [0, 0.1) is 65.3 Å². The molecule has 16 aromatic carbocycles. The van der Waals surface area contributed by atoms with E-state index in [1.165, 1.54) is 0 Å². The van der Waals surface area contributed by atoms with E-state index in [2.05, 4.69) is 136 Å². The van der Waals surface area contributed by atoms with Gasteiger partial charge in [0.05, 0.1) is 41.1 Å². The summed E-state index contributed by atoms with van der Waals surface area (Å²) in [5.41, 5.74) is 10.6. The van der Waals surface area contributed by atoms with Crippen LogP contribution in [0.4, 0.5) is 45.5 Å². The Hall–Kier alpha value is -14.0. The zero-order chi connectivity index (χ0) is 115. The molecule has 20 aromatic rings. The second-order valence-corrected chi connectivity index (χ2v) is 34.1. The summed E-state index contributed by atoms with van der Waals surface area (Å²) in [6, 6.07) is 53.8. The van der Waals surface area contributed by atoms with E-state index in [4.69, 9.17) is 34.6 Å². The van der Waals surface area contributed by atoms with Gasteiger partial charge < -0.3 is 28.7 Å². The largest absolute Gasteiger partial charge is 0.493 e. The van der Waals surface area contributed by atoms with E-state index in [1.807, 2.05) is 119 Å². The van der Waals surface area contributed by atoms with Crippen molar-refractivity contribution >= 4 is 89.1 Å². The molecule has 0 amide bonds. The van der Waals surface area contributed by atoms with Crippen molar-refractivity contribution in [3.8, 4) is 78.4 Å². The van der Waals surface area contributed by atoms with Crippen molar-refractivity contribution in [1.29, 1.82) is 0 Å². The summed E-state index contributed by atoms with van der Waals surface area (Å²) >= 11 is 0. The fourth-order valence-corrected chi connectivity index (χ4v) is 18.2. The molecule has 0 fully saturated rings. The van der Waals surface area contributed by atoms with Gasteiger partial charge in [-0.05, 0) is 201 Å². The molecule has 6 heterocycles. The quantitative estimate of drug-likeness (QED) is 0.0899. The topological polar surface area (TPSA) is 48.6 Å². The minimum atomic E-state index is -0.691. The van der Waals surface area contributed by atoms with Crippen LogP contribution in [0.1, 0.15) is 138 Å². The van der Waals surface area contributed by atoms with E-state index in [-0.39, 0.29) is 153 Å². The second kappa shape index (κ2) is 36.4. The second-order valence-electron chi connectivity index (χ2n) is 34.1. The van der Waals surface area contributed by atoms with Crippen molar-refractivity contribution in [3.05, 3.63) is 469 Å². The van der Waals surface area contributed by atoms with Gasteiger partial charge in [0, 0.05) is 122 Å². The number of aromatic nitrogens is 4. The molecule has 0 unspecified atom stereocenters. The van der Waals surface area contributed by atoms with Gasteiger partial charge in [0.25, 0.3) is 0 Å². The smallest absolute Gasteiger partial charge is 0.135 e. The minimum absolute atomic E-state index is 0. The van der Waals surface area contributed by atoms with E-state index >= 15 is 0 Å². The summed E-state index contributed by atoms with van der Waals surface area (Å²) in [7, 11) is 0. The van der Waals surface area contributed by atoms with E-state index in [9.17, 15) is 16.4 Å². The first-order valence-electron chi connectivity index (χ1n) is 57.6. The van der Waals surface area contributed by atoms with Crippen molar-refractivity contribution in [1.82, 2.24) is 19.1 Å². The van der Waals surface area contributed by atoms with Gasteiger partial charge in [-0.25, -0.2) is 9.97 Å². The SMILES string of the molecule is [2H]c1c([2H])c([2H])c(-c2c(C)c(-c3c([2H])c([2H])c([2H])c([2H])c3[2H])c(N3[CH-]N(c4[c-]c(Cc5[c-]c6c(cc5)c5ccccc5n6-c5cc(C(C)(C)C)ccn5)ccc4)c4ccccc43)c(-c3c([2H])c([2H])c([2H])c([2H])c3[2H])c2C)c([2H])c1[2H].[2H]c1c([2H])c([2H])c(-c2c(C)c(-c3c([2H])c([2H])c([2H])c([2H])c3[2H])c(N3[CH-]N(c4[c-]c(Cc5[c-]c6c(cc5)c5ccccc5n6-c5cc(C(C)(C)C)ccn5)ccc4)c4ccccc43)c(-c3c([2H])c([2H])c([2H])c([2H])c3[2H])c2C)c([2H])c1[2H].[Pt].[Pt]. The third kappa shape index (κ3) is 16.2. The van der Waals surface area contributed by atoms with Crippen LogP contribution in [0.25, 0.3) is 122 Å². The molecule has 0 atom stereocenters. The average molecular weight is 2100 g/mol. The van der Waals surface area contributed by atoms with Crippen LogP contribution in [-0.4, -0.2) is 19.1 Å². The third-order valence-electron chi connectivity index (χ3n) is 24.1. The molecule has 0 saturated heterocycles. The first-order chi connectivity index (χ1) is 75.9. The zero-order valence-electron chi connectivity index (χ0n) is 103. The standard InChI is InChI=1S/2C61H49N4.2Pt/c2*1-41-57(45-21-9-6-10-22-45)42(2)59(47-25-13-8-14-26-47)60(58(41)46-23-11-7-12-24-46)64-40-63(53-30-17-18-31-54(53)64)49-27-19-20-43(37-49)36-44-32-33-51-50-28-15-16-29-52(50)65(55(51)38-44)56-39-48(34-35-62-56)61(3,4)5;;/h2*6-35,39-40H,36H2,1-5H3;;/q2*-3;;/i2*6D,7D,8D,9D,10D,11D,12D,13D,14D,21D,22D,23D,24D,25D,26D;;. The monoisotopic (exact) mass is 2090 g/mol. The normalized spacial score (nSPS) is 15.6. The molecule has 0 N–H and O–H groups in total. The molecule has 2 aliphatic heterocycles. The molecule has 0 aliphatic carbocycles. The van der Waals surface area contributed by atoms with Gasteiger partial charge in [-0.3, -0.25) is 0 Å². The Morgan fingerprint density at radius 1 is 0.295 bits per heavy atom. The van der Waals surface area contributed by atoms with Crippen LogP contribution in [0.15, 0.2) is 376 Å². The number of pyridine rings is 2. The number of anilines is 8. The molecular formula is C122H98N8Pt2-6. The maximum Gasteiger partial charge on any atom is 0.135 e. The Labute approximate surface area is 846 Å². The van der Waals surface area contributed by atoms with Crippen molar-refractivity contribution in [3.63, 3.8) is 0 Å². The number of hydrogen-bond donors (Lipinski definition) is 0. The molecular weight excluding hydrogens is 1970 g/mol.